The standard InChI is InChI=1S/C27H29N5O.H2/c1-3-32(18-21-8-6-7-19(2)15-21)26(33)24-17-29-27(30-23-9-4-5-10-23)31-25(24)22-13-11-20(16-28)12-14-22;/h6-8,11-15,17,23H,3-5,9-10,18H2,1-2H3,(H,29,30,31);1H. The van der Waals surface area contributed by atoms with E-state index >= 15 is 0 Å². The van der Waals surface area contributed by atoms with Crippen LogP contribution in [0.2, 0.25) is 0 Å². The van der Waals surface area contributed by atoms with E-state index in [0.717, 1.165) is 24.0 Å². The molecule has 1 aromatic heterocycles. The van der Waals surface area contributed by atoms with Crippen LogP contribution in [-0.4, -0.2) is 33.4 Å². The van der Waals surface area contributed by atoms with E-state index in [4.69, 9.17) is 10.2 Å². The highest BCUT2D eigenvalue weighted by Gasteiger charge is 2.23. The highest BCUT2D eigenvalue weighted by atomic mass is 16.2. The van der Waals surface area contributed by atoms with E-state index in [-0.39, 0.29) is 7.33 Å². The highest BCUT2D eigenvalue weighted by molar-refractivity contribution is 5.99. The van der Waals surface area contributed by atoms with E-state index in [2.05, 4.69) is 35.4 Å². The van der Waals surface area contributed by atoms with Gasteiger partial charge in [-0.3, -0.25) is 4.79 Å². The average molecular weight is 442 g/mol. The SMILES string of the molecule is CCN(Cc1cccc(C)c1)C(=O)c1cnc(NC2CCCC2)nc1-c1ccc(C#N)cc1.[HH]. The lowest BCUT2D eigenvalue weighted by atomic mass is 10.0. The van der Waals surface area contributed by atoms with Gasteiger partial charge >= 0.3 is 0 Å². The van der Waals surface area contributed by atoms with Crippen LogP contribution < -0.4 is 5.32 Å². The van der Waals surface area contributed by atoms with Gasteiger partial charge in [0, 0.05) is 32.3 Å². The van der Waals surface area contributed by atoms with Gasteiger partial charge in [0.1, 0.15) is 0 Å². The Balaban J connectivity index is 0.00000324. The molecule has 1 fully saturated rings. The van der Waals surface area contributed by atoms with Crippen molar-refractivity contribution in [2.24, 2.45) is 0 Å². The van der Waals surface area contributed by atoms with Crippen molar-refractivity contribution in [2.45, 2.75) is 52.1 Å². The molecule has 170 valence electrons. The Bertz CT molecular complexity index is 1170. The van der Waals surface area contributed by atoms with Gasteiger partial charge in [-0.15, -0.1) is 0 Å². The Morgan fingerprint density at radius 2 is 1.97 bits per heavy atom. The lowest BCUT2D eigenvalue weighted by Gasteiger charge is -2.23. The molecule has 0 atom stereocenters. The number of hydrogen-bond donors (Lipinski definition) is 1. The van der Waals surface area contributed by atoms with Gasteiger partial charge in [0.15, 0.2) is 0 Å². The van der Waals surface area contributed by atoms with Crippen molar-refractivity contribution in [3.63, 3.8) is 0 Å². The molecule has 1 amide bonds. The summed E-state index contributed by atoms with van der Waals surface area (Å²) in [6.45, 7) is 5.12. The van der Waals surface area contributed by atoms with Crippen LogP contribution in [0.1, 0.15) is 61.1 Å². The summed E-state index contributed by atoms with van der Waals surface area (Å²) < 4.78 is 0. The monoisotopic (exact) mass is 441 g/mol. The maximum Gasteiger partial charge on any atom is 0.257 e. The molecular formula is C27H31N5O. The summed E-state index contributed by atoms with van der Waals surface area (Å²) in [6.07, 6.45) is 6.27. The summed E-state index contributed by atoms with van der Waals surface area (Å²) in [4.78, 5) is 24.7. The first kappa shape index (κ1) is 22.5. The molecule has 1 heterocycles. The maximum atomic E-state index is 13.6. The van der Waals surface area contributed by atoms with Crippen LogP contribution in [0.25, 0.3) is 11.3 Å². The Labute approximate surface area is 196 Å². The zero-order valence-electron chi connectivity index (χ0n) is 19.2. The first-order valence-electron chi connectivity index (χ1n) is 11.6. The van der Waals surface area contributed by atoms with E-state index in [1.165, 1.54) is 18.4 Å². The number of nitriles is 1. The first-order valence-corrected chi connectivity index (χ1v) is 11.6. The number of amides is 1. The third kappa shape index (κ3) is 5.38. The number of carbonyl (C=O) groups is 1. The van der Waals surface area contributed by atoms with Gasteiger partial charge in [-0.05, 0) is 44.4 Å². The fourth-order valence-electron chi connectivity index (χ4n) is 4.31. The number of hydrogen-bond acceptors (Lipinski definition) is 5. The van der Waals surface area contributed by atoms with Crippen molar-refractivity contribution in [3.8, 4) is 17.3 Å². The zero-order chi connectivity index (χ0) is 23.2. The van der Waals surface area contributed by atoms with E-state index < -0.39 is 0 Å². The molecule has 33 heavy (non-hydrogen) atoms. The molecule has 0 spiro atoms. The quantitative estimate of drug-likeness (QED) is 0.517. The van der Waals surface area contributed by atoms with Crippen molar-refractivity contribution in [3.05, 3.63) is 77.0 Å². The van der Waals surface area contributed by atoms with Gasteiger partial charge in [0.25, 0.3) is 5.91 Å². The van der Waals surface area contributed by atoms with Crippen LogP contribution in [0.5, 0.6) is 0 Å². The van der Waals surface area contributed by atoms with Gasteiger partial charge < -0.3 is 10.2 Å². The lowest BCUT2D eigenvalue weighted by molar-refractivity contribution is 0.0752. The number of carbonyl (C=O) groups excluding carboxylic acids is 1. The summed E-state index contributed by atoms with van der Waals surface area (Å²) in [5.41, 5.74) is 4.67. The number of benzene rings is 2. The van der Waals surface area contributed by atoms with E-state index in [0.29, 0.717) is 41.9 Å². The summed E-state index contributed by atoms with van der Waals surface area (Å²) >= 11 is 0. The molecule has 1 N–H and O–H groups in total. The van der Waals surface area contributed by atoms with Crippen LogP contribution in [0, 0.1) is 18.3 Å². The van der Waals surface area contributed by atoms with Crippen molar-refractivity contribution in [1.82, 2.24) is 14.9 Å². The minimum Gasteiger partial charge on any atom is -0.351 e. The second-order valence-corrected chi connectivity index (χ2v) is 8.58. The van der Waals surface area contributed by atoms with E-state index in [1.807, 2.05) is 36.1 Å². The van der Waals surface area contributed by atoms with E-state index in [1.54, 1.807) is 18.3 Å². The maximum absolute atomic E-state index is 13.6. The first-order chi connectivity index (χ1) is 16.1. The molecule has 0 aliphatic heterocycles. The minimum absolute atomic E-state index is 0. The van der Waals surface area contributed by atoms with Crippen molar-refractivity contribution < 1.29 is 6.22 Å². The number of aromatic nitrogens is 2. The fourth-order valence-corrected chi connectivity index (χ4v) is 4.31. The fraction of sp³-hybridized carbons (Fsp3) is 0.333. The summed E-state index contributed by atoms with van der Waals surface area (Å²) in [7, 11) is 0. The topological polar surface area (TPSA) is 81.9 Å². The zero-order valence-corrected chi connectivity index (χ0v) is 19.2. The van der Waals surface area contributed by atoms with Crippen LogP contribution in [0.4, 0.5) is 5.95 Å². The molecule has 3 aromatic rings. The number of aryl methyl sites for hydroxylation is 1. The third-order valence-corrected chi connectivity index (χ3v) is 6.12. The number of anilines is 1. The van der Waals surface area contributed by atoms with Gasteiger partial charge in [-0.2, -0.15) is 5.26 Å². The molecule has 4 rings (SSSR count). The van der Waals surface area contributed by atoms with Crippen LogP contribution >= 0.6 is 0 Å². The molecule has 0 saturated heterocycles. The summed E-state index contributed by atoms with van der Waals surface area (Å²) in [5, 5.41) is 12.6. The molecule has 0 bridgehead atoms. The summed E-state index contributed by atoms with van der Waals surface area (Å²) in [6, 6.07) is 17.9. The number of nitrogens with zero attached hydrogens (tertiary/aromatic N) is 4. The van der Waals surface area contributed by atoms with Gasteiger partial charge in [-0.1, -0.05) is 54.8 Å². The molecule has 0 radical (unpaired) electrons. The Morgan fingerprint density at radius 3 is 2.64 bits per heavy atom. The molecule has 1 saturated carbocycles. The largest absolute Gasteiger partial charge is 0.351 e. The highest BCUT2D eigenvalue weighted by Crippen LogP contribution is 2.27. The molecular weight excluding hydrogens is 410 g/mol. The Morgan fingerprint density at radius 1 is 1.21 bits per heavy atom. The average Bonchev–Trinajstić information content (AvgIpc) is 3.35. The van der Waals surface area contributed by atoms with Crippen LogP contribution in [0.15, 0.2) is 54.7 Å². The second kappa shape index (κ2) is 10.3. The van der Waals surface area contributed by atoms with Crippen molar-refractivity contribution in [1.29, 1.82) is 5.26 Å². The molecule has 6 heteroatoms. The van der Waals surface area contributed by atoms with Gasteiger partial charge in [0.2, 0.25) is 5.95 Å². The lowest BCUT2D eigenvalue weighted by Crippen LogP contribution is -2.31. The smallest absolute Gasteiger partial charge is 0.257 e. The molecule has 2 aromatic carbocycles. The molecule has 1 aliphatic carbocycles. The minimum atomic E-state index is -0.106. The molecule has 1 aliphatic rings. The summed E-state index contributed by atoms with van der Waals surface area (Å²) in [5.74, 6) is 0.435. The predicted molar refractivity (Wildman–Crippen MR) is 132 cm³/mol. The third-order valence-electron chi connectivity index (χ3n) is 6.12. The van der Waals surface area contributed by atoms with Gasteiger partial charge in [0.05, 0.1) is 22.9 Å². The molecule has 0 unspecified atom stereocenters. The number of nitrogens with one attached hydrogen (secondary N) is 1. The van der Waals surface area contributed by atoms with Crippen LogP contribution in [-0.2, 0) is 6.54 Å². The second-order valence-electron chi connectivity index (χ2n) is 8.58. The van der Waals surface area contributed by atoms with Crippen LogP contribution in [0.3, 0.4) is 0 Å². The normalized spacial score (nSPS) is 13.5. The van der Waals surface area contributed by atoms with E-state index in [9.17, 15) is 4.79 Å². The molecule has 6 nitrogen and oxygen atoms in total. The number of rotatable bonds is 7. The van der Waals surface area contributed by atoms with Gasteiger partial charge in [-0.25, -0.2) is 9.97 Å². The Hall–Kier alpha value is -3.72. The van der Waals surface area contributed by atoms with Crippen molar-refractivity contribution in [2.75, 3.05) is 11.9 Å². The predicted octanol–water partition coefficient (Wildman–Crippen LogP) is 5.59. The van der Waals surface area contributed by atoms with Crippen molar-refractivity contribution >= 4 is 11.9 Å². The Kier molecular flexibility index (Phi) is 6.99.